The Morgan fingerprint density at radius 1 is 0.873 bits per heavy atom. The molecular weight excluding hydrogens is 1050 g/mol. The molecule has 5 aromatic rings. The topological polar surface area (TPSA) is 228 Å². The number of aliphatic hydroxyl groups is 1. The molecule has 2 saturated heterocycles. The molecule has 0 saturated carbocycles. The summed E-state index contributed by atoms with van der Waals surface area (Å²) in [5, 5.41) is 21.6. The van der Waals surface area contributed by atoms with E-state index in [1.165, 1.54) is 23.1 Å². The van der Waals surface area contributed by atoms with Crippen molar-refractivity contribution in [3.05, 3.63) is 123 Å². The molecule has 4 heterocycles. The molecule has 0 unspecified atom stereocenters. The number of benzene rings is 3. The van der Waals surface area contributed by atoms with Crippen molar-refractivity contribution in [3.8, 4) is 21.6 Å². The minimum absolute atomic E-state index is 0.00105. The number of H-pyrrole nitrogens is 1. The van der Waals surface area contributed by atoms with Crippen molar-refractivity contribution in [1.82, 2.24) is 35.7 Å². The van der Waals surface area contributed by atoms with Crippen LogP contribution in [0.15, 0.2) is 83.2 Å². The number of pyridine rings is 1. The molecule has 2 aliphatic rings. The third-order valence-corrected chi connectivity index (χ3v) is 15.0. The van der Waals surface area contributed by atoms with Crippen LogP contribution in [-0.2, 0) is 36.6 Å². The average Bonchev–Trinajstić information content (AvgIpc) is 4.08. The average molecular weight is 1120 g/mol. The molecule has 424 valence electrons. The van der Waals surface area contributed by atoms with Crippen molar-refractivity contribution < 1.29 is 56.1 Å². The lowest BCUT2D eigenvalue weighted by Crippen LogP contribution is -2.57. The van der Waals surface area contributed by atoms with Gasteiger partial charge < -0.3 is 50.6 Å². The summed E-state index contributed by atoms with van der Waals surface area (Å²) in [5.41, 5.74) is 1.42. The number of hydrogen-bond donors (Lipinski definition) is 6. The van der Waals surface area contributed by atoms with E-state index >= 15 is 4.39 Å². The van der Waals surface area contributed by atoms with Crippen LogP contribution >= 0.6 is 11.3 Å². The zero-order chi connectivity index (χ0) is 57.3. The first kappa shape index (κ1) is 59.6. The number of aromatic nitrogens is 2. The van der Waals surface area contributed by atoms with Crippen molar-refractivity contribution >= 4 is 52.2 Å². The van der Waals surface area contributed by atoms with Gasteiger partial charge in [0.25, 0.3) is 11.8 Å². The first-order valence-electron chi connectivity index (χ1n) is 25.9. The number of rotatable bonds is 20. The van der Waals surface area contributed by atoms with E-state index in [0.717, 1.165) is 27.8 Å². The summed E-state index contributed by atoms with van der Waals surface area (Å²) < 4.78 is 68.7. The van der Waals surface area contributed by atoms with E-state index in [1.54, 1.807) is 49.8 Å². The van der Waals surface area contributed by atoms with Crippen LogP contribution in [0, 0.1) is 18.2 Å². The third-order valence-electron chi connectivity index (χ3n) is 14.0. The molecule has 2 aromatic heterocycles. The summed E-state index contributed by atoms with van der Waals surface area (Å²) in [5.74, 6) is -3.77. The first-order chi connectivity index (χ1) is 37.4. The molecule has 2 fully saturated rings. The number of nitrogens with one attached hydrogen (secondary N) is 5. The highest BCUT2D eigenvalue weighted by atomic mass is 32.1. The molecule has 2 aliphatic heterocycles. The Kier molecular flexibility index (Phi) is 19.5. The number of halogens is 4. The summed E-state index contributed by atoms with van der Waals surface area (Å²) in [7, 11) is 1.98. The Morgan fingerprint density at radius 3 is 2.22 bits per heavy atom. The number of nitrogens with zero attached hydrogens (tertiary/aromatic N) is 4. The quantitative estimate of drug-likeness (QED) is 0.0369. The molecule has 5 amide bonds. The maximum absolute atomic E-state index is 15.6. The van der Waals surface area contributed by atoms with Crippen LogP contribution in [0.5, 0.6) is 0 Å². The highest BCUT2D eigenvalue weighted by Gasteiger charge is 2.44. The number of aliphatic hydroxyl groups excluding tert-OH is 1. The van der Waals surface area contributed by atoms with Gasteiger partial charge in [0.2, 0.25) is 23.3 Å². The lowest BCUT2D eigenvalue weighted by Gasteiger charge is -2.44. The lowest BCUT2D eigenvalue weighted by atomic mass is 9.85. The van der Waals surface area contributed by atoms with Gasteiger partial charge in [-0.25, -0.2) is 9.37 Å². The van der Waals surface area contributed by atoms with E-state index in [0.29, 0.717) is 31.0 Å². The molecule has 79 heavy (non-hydrogen) atoms. The maximum Gasteiger partial charge on any atom is 0.417 e. The second-order valence-corrected chi connectivity index (χ2v) is 21.8. The fraction of sp³-hybridized carbons (Fsp3) is 0.446. The van der Waals surface area contributed by atoms with Gasteiger partial charge in [-0.3, -0.25) is 33.7 Å². The van der Waals surface area contributed by atoms with Gasteiger partial charge in [0.05, 0.1) is 71.1 Å². The molecule has 23 heteroatoms. The SMILES string of the molecule is Cc1ncsc1-c1ccc(CNC(=O)[C@@H]2C[C@@H](O)CN2C(=O)[C@@H](NC(=O)CCOCCOCCNC(=O)c2ccc(F)c(-c3ccc(N4C[C@@H](C)N(C)[C@@H](C)C4)c(NC(=O)c4c[nH]c(=O)cc4C(F)(F)F)c3)c2)C(C)(C)C)cc1. The number of amides is 5. The molecule has 0 radical (unpaired) electrons. The Morgan fingerprint density at radius 2 is 1.56 bits per heavy atom. The number of carbonyl (C=O) groups is 5. The summed E-state index contributed by atoms with van der Waals surface area (Å²) in [6.45, 7) is 12.9. The van der Waals surface area contributed by atoms with Crippen molar-refractivity contribution in [2.75, 3.05) is 69.9 Å². The fourth-order valence-corrected chi connectivity index (χ4v) is 10.3. The van der Waals surface area contributed by atoms with Crippen LogP contribution in [0.2, 0.25) is 0 Å². The van der Waals surface area contributed by atoms with Gasteiger partial charge in [0.15, 0.2) is 0 Å². The van der Waals surface area contributed by atoms with E-state index < -0.39 is 81.8 Å². The van der Waals surface area contributed by atoms with Gasteiger partial charge in [-0.2, -0.15) is 13.2 Å². The van der Waals surface area contributed by atoms with E-state index in [1.807, 2.05) is 57.0 Å². The van der Waals surface area contributed by atoms with Crippen LogP contribution in [0.25, 0.3) is 21.6 Å². The summed E-state index contributed by atoms with van der Waals surface area (Å²) in [4.78, 5) is 92.3. The van der Waals surface area contributed by atoms with Crippen LogP contribution < -0.4 is 31.7 Å². The maximum atomic E-state index is 15.6. The fourth-order valence-electron chi connectivity index (χ4n) is 9.49. The molecule has 0 spiro atoms. The number of aryl methyl sites for hydroxylation is 1. The number of alkyl halides is 3. The number of carbonyl (C=O) groups excluding carboxylic acids is 5. The summed E-state index contributed by atoms with van der Waals surface area (Å²) in [6.07, 6.45) is -5.27. The van der Waals surface area contributed by atoms with Crippen molar-refractivity contribution in [2.45, 2.75) is 97.4 Å². The van der Waals surface area contributed by atoms with Gasteiger partial charge in [-0.05, 0) is 80.3 Å². The highest BCUT2D eigenvalue weighted by Crippen LogP contribution is 2.37. The Labute approximate surface area is 459 Å². The number of anilines is 2. The molecule has 0 bridgehead atoms. The number of β-amino-alcohol motifs (C(OH)–C–C–N with tert-alkyl or cyclic N) is 1. The number of likely N-dealkylation sites (tertiary alicyclic amines) is 1. The molecule has 18 nitrogen and oxygen atoms in total. The molecule has 6 N–H and O–H groups in total. The molecule has 5 atom stereocenters. The van der Waals surface area contributed by atoms with Gasteiger partial charge in [0.1, 0.15) is 17.9 Å². The highest BCUT2D eigenvalue weighted by molar-refractivity contribution is 7.13. The van der Waals surface area contributed by atoms with Crippen molar-refractivity contribution in [3.63, 3.8) is 0 Å². The number of likely N-dealkylation sites (N-methyl/N-ethyl adjacent to an activating group) is 1. The Balaban J connectivity index is 0.872. The van der Waals surface area contributed by atoms with Crippen LogP contribution in [0.4, 0.5) is 28.9 Å². The number of piperazine rings is 1. The number of thiazole rings is 1. The van der Waals surface area contributed by atoms with Gasteiger partial charge in [-0.15, -0.1) is 11.3 Å². The largest absolute Gasteiger partial charge is 0.417 e. The normalized spacial score (nSPS) is 18.3. The summed E-state index contributed by atoms with van der Waals surface area (Å²) >= 11 is 1.55. The smallest absolute Gasteiger partial charge is 0.391 e. The van der Waals surface area contributed by atoms with E-state index in [9.17, 15) is 47.0 Å². The molecule has 3 aromatic carbocycles. The zero-order valence-corrected chi connectivity index (χ0v) is 45.9. The molecular formula is C56H67F4N9O9S. The minimum atomic E-state index is -5.01. The third kappa shape index (κ3) is 15.2. The van der Waals surface area contributed by atoms with Gasteiger partial charge >= 0.3 is 6.18 Å². The zero-order valence-electron chi connectivity index (χ0n) is 45.1. The van der Waals surface area contributed by atoms with Gasteiger partial charge in [-0.1, -0.05) is 51.1 Å². The Hall–Kier alpha value is -7.05. The summed E-state index contributed by atoms with van der Waals surface area (Å²) in [6, 6.07) is 14.6. The first-order valence-corrected chi connectivity index (χ1v) is 26.8. The number of ether oxygens (including phenoxy) is 2. The van der Waals surface area contributed by atoms with E-state index in [4.69, 9.17) is 9.47 Å². The van der Waals surface area contributed by atoms with E-state index in [-0.39, 0.29) is 93.4 Å². The predicted octanol–water partition coefficient (Wildman–Crippen LogP) is 6.38. The second-order valence-electron chi connectivity index (χ2n) is 20.9. The standard InChI is InChI=1S/C56H67F4N9O9S/c1-32-28-68(29-33(2)67(32)7)45-15-13-37(23-44(45)65-52(74)41-27-62-48(72)25-42(41)56(58,59)60)40-22-38(12-14-43(40)57)51(73)61-17-19-78-21-20-77-18-16-47(71)66-50(55(4,5)6)54(76)69-30-39(70)24-46(69)53(75)63-26-35-8-10-36(11-9-35)49-34(3)64-31-79-49/h8-15,22-23,25,27,31-33,39,46,50,70H,16-21,24,26,28-30H2,1-7H3,(H,61,73)(H,62,72)(H,63,75)(H,65,74)(H,66,71)/t32-,33+,39-,46+,50-/m1/s1. The number of hydrogen-bond acceptors (Lipinski definition) is 13. The second kappa shape index (κ2) is 25.8. The van der Waals surface area contributed by atoms with Gasteiger partial charge in [0, 0.05) is 81.0 Å². The molecule has 7 rings (SSSR count). The Bertz CT molecular complexity index is 3040. The predicted molar refractivity (Wildman–Crippen MR) is 291 cm³/mol. The van der Waals surface area contributed by atoms with Crippen LogP contribution in [0.3, 0.4) is 0 Å². The van der Waals surface area contributed by atoms with E-state index in [2.05, 4.69) is 36.1 Å². The van der Waals surface area contributed by atoms with Crippen LogP contribution in [0.1, 0.15) is 85.0 Å². The minimum Gasteiger partial charge on any atom is -0.391 e. The van der Waals surface area contributed by atoms with Crippen LogP contribution in [-0.4, -0.2) is 144 Å². The monoisotopic (exact) mass is 1120 g/mol. The van der Waals surface area contributed by atoms with Crippen molar-refractivity contribution in [1.29, 1.82) is 0 Å². The number of aromatic amines is 1. The molecule has 0 aliphatic carbocycles. The lowest BCUT2D eigenvalue weighted by molar-refractivity contribution is -0.144. The van der Waals surface area contributed by atoms with Crippen molar-refractivity contribution in [2.24, 2.45) is 5.41 Å².